The van der Waals surface area contributed by atoms with Crippen LogP contribution in [-0.2, 0) is 0 Å². The van der Waals surface area contributed by atoms with Gasteiger partial charge in [-0.1, -0.05) is 170 Å². The van der Waals surface area contributed by atoms with Gasteiger partial charge in [-0.2, -0.15) is 0 Å². The van der Waals surface area contributed by atoms with Crippen LogP contribution in [0.5, 0.6) is 0 Å². The minimum atomic E-state index is 0.625. The van der Waals surface area contributed by atoms with E-state index in [1.54, 1.807) is 0 Å². The Morgan fingerprint density at radius 3 is 1.24 bits per heavy atom. The normalized spacial score (nSPS) is 11.5. The predicted octanol–water partition coefficient (Wildman–Crippen LogP) is 14.5. The van der Waals surface area contributed by atoms with Crippen LogP contribution in [0.4, 0.5) is 0 Å². The molecule has 6 nitrogen and oxygen atoms in total. The zero-order valence-corrected chi connectivity index (χ0v) is 33.9. The van der Waals surface area contributed by atoms with E-state index in [2.05, 4.69) is 152 Å². The molecule has 63 heavy (non-hydrogen) atoms. The van der Waals surface area contributed by atoms with E-state index in [9.17, 15) is 0 Å². The molecule has 0 aliphatic heterocycles. The lowest BCUT2D eigenvalue weighted by atomic mass is 9.96. The van der Waals surface area contributed by atoms with Gasteiger partial charge in [-0.25, -0.2) is 24.9 Å². The summed E-state index contributed by atoms with van der Waals surface area (Å²) in [5, 5.41) is 2.13. The maximum atomic E-state index is 6.15. The number of hydrogen-bond donors (Lipinski definition) is 0. The highest BCUT2D eigenvalue weighted by Gasteiger charge is 2.15. The van der Waals surface area contributed by atoms with E-state index in [4.69, 9.17) is 29.3 Å². The summed E-state index contributed by atoms with van der Waals surface area (Å²) in [5.41, 5.74) is 16.8. The molecule has 0 atom stereocenters. The summed E-state index contributed by atoms with van der Waals surface area (Å²) in [6.45, 7) is 0. The quantitative estimate of drug-likeness (QED) is 0.149. The van der Waals surface area contributed by atoms with E-state index >= 15 is 0 Å². The van der Waals surface area contributed by atoms with Crippen molar-refractivity contribution in [1.82, 2.24) is 24.9 Å². The molecule has 0 saturated carbocycles. The first-order chi connectivity index (χ1) is 31.1. The number of nitrogens with zero attached hydrogens (tertiary/aromatic N) is 5. The highest BCUT2D eigenvalue weighted by molar-refractivity contribution is 6.09. The number of rotatable bonds is 7. The Morgan fingerprint density at radius 1 is 0.222 bits per heavy atom. The number of furan rings is 1. The van der Waals surface area contributed by atoms with Crippen LogP contribution in [-0.4, -0.2) is 24.9 Å². The van der Waals surface area contributed by atoms with Gasteiger partial charge in [0.15, 0.2) is 17.5 Å². The molecule has 3 aromatic heterocycles. The van der Waals surface area contributed by atoms with Gasteiger partial charge in [-0.05, 0) is 80.9 Å². The summed E-state index contributed by atoms with van der Waals surface area (Å²) in [4.78, 5) is 25.0. The second-order valence-corrected chi connectivity index (χ2v) is 15.7. The first-order valence-corrected chi connectivity index (χ1v) is 21.0. The molecule has 9 aromatic carbocycles. The van der Waals surface area contributed by atoms with Gasteiger partial charge < -0.3 is 4.42 Å². The molecule has 294 valence electrons. The van der Waals surface area contributed by atoms with Crippen LogP contribution in [0.1, 0.15) is 0 Å². The van der Waals surface area contributed by atoms with Crippen molar-refractivity contribution < 1.29 is 4.42 Å². The van der Waals surface area contributed by atoms with Crippen LogP contribution in [0.2, 0.25) is 0 Å². The van der Waals surface area contributed by atoms with Gasteiger partial charge in [-0.3, -0.25) is 0 Å². The fraction of sp³-hybridized carbons (Fsp3) is 0. The third-order valence-corrected chi connectivity index (χ3v) is 11.7. The molecule has 0 amide bonds. The number of aromatic nitrogens is 5. The molecule has 0 fully saturated rings. The van der Waals surface area contributed by atoms with Gasteiger partial charge in [0.2, 0.25) is 0 Å². The Balaban J connectivity index is 0.836. The summed E-state index contributed by atoms with van der Waals surface area (Å²) in [7, 11) is 0. The number of para-hydroxylation sites is 1. The Kier molecular flexibility index (Phi) is 8.71. The van der Waals surface area contributed by atoms with Gasteiger partial charge in [0.05, 0.1) is 22.1 Å². The van der Waals surface area contributed by atoms with E-state index in [0.29, 0.717) is 17.5 Å². The Hall–Kier alpha value is -8.61. The Labute approximate surface area is 362 Å². The molecular weight excluding hydrogens is 771 g/mol. The fourth-order valence-corrected chi connectivity index (χ4v) is 8.44. The SMILES string of the molecule is c1ccc(-c2ccc(-c3nc(-c4ccccc4)nc(-c4ccc(-c5cccc(-c6cccc(-c7ccc8nc9cc%10c(cc9nc8c7)oc7ccccc7%10)c6)c5)cc4)n3)cc2)cc1. The smallest absolute Gasteiger partial charge is 0.164 e. The molecule has 0 aliphatic carbocycles. The molecule has 12 aromatic rings. The summed E-state index contributed by atoms with van der Waals surface area (Å²) in [5.74, 6) is 1.89. The van der Waals surface area contributed by atoms with E-state index in [1.807, 2.05) is 60.7 Å². The predicted molar refractivity (Wildman–Crippen MR) is 256 cm³/mol. The van der Waals surface area contributed by atoms with Crippen molar-refractivity contribution in [3.05, 3.63) is 212 Å². The average Bonchev–Trinajstić information content (AvgIpc) is 3.72. The van der Waals surface area contributed by atoms with Gasteiger partial charge in [0.1, 0.15) is 11.2 Å². The lowest BCUT2D eigenvalue weighted by Crippen LogP contribution is -2.00. The van der Waals surface area contributed by atoms with Crippen LogP contribution in [0, 0.1) is 0 Å². The summed E-state index contributed by atoms with van der Waals surface area (Å²) in [6, 6.07) is 73.2. The van der Waals surface area contributed by atoms with Crippen LogP contribution >= 0.6 is 0 Å². The lowest BCUT2D eigenvalue weighted by Gasteiger charge is -2.11. The van der Waals surface area contributed by atoms with Gasteiger partial charge in [-0.15, -0.1) is 0 Å². The second kappa shape index (κ2) is 15.1. The van der Waals surface area contributed by atoms with Crippen molar-refractivity contribution in [2.75, 3.05) is 0 Å². The standard InChI is InChI=1S/C57H35N5O/c1-3-11-36(12-4-1)37-21-25-40(26-22-37)56-60-55(39-13-5-2-6-14-39)61-57(62-56)41-27-23-38(24-28-41)42-15-9-16-43(31-42)44-17-10-18-45(32-44)46-29-30-49-50(33-46)59-52-35-54-48(34-51(52)58-49)47-19-7-8-20-53(47)63-54/h1-35H. The zero-order valence-electron chi connectivity index (χ0n) is 33.9. The van der Waals surface area contributed by atoms with Gasteiger partial charge in [0.25, 0.3) is 0 Å². The molecule has 0 N–H and O–H groups in total. The highest BCUT2D eigenvalue weighted by atomic mass is 16.3. The van der Waals surface area contributed by atoms with Crippen molar-refractivity contribution in [2.24, 2.45) is 0 Å². The van der Waals surface area contributed by atoms with Crippen molar-refractivity contribution >= 4 is 44.0 Å². The van der Waals surface area contributed by atoms with E-state index < -0.39 is 0 Å². The van der Waals surface area contributed by atoms with Crippen molar-refractivity contribution in [3.63, 3.8) is 0 Å². The maximum absolute atomic E-state index is 6.15. The van der Waals surface area contributed by atoms with Gasteiger partial charge >= 0.3 is 0 Å². The van der Waals surface area contributed by atoms with Crippen molar-refractivity contribution in [1.29, 1.82) is 0 Å². The van der Waals surface area contributed by atoms with Crippen LogP contribution in [0.15, 0.2) is 217 Å². The molecule has 12 rings (SSSR count). The number of fused-ring (bicyclic) bond motifs is 5. The minimum absolute atomic E-state index is 0.625. The molecule has 0 bridgehead atoms. The molecule has 0 spiro atoms. The highest BCUT2D eigenvalue weighted by Crippen LogP contribution is 2.35. The second-order valence-electron chi connectivity index (χ2n) is 15.7. The van der Waals surface area contributed by atoms with Crippen molar-refractivity contribution in [2.45, 2.75) is 0 Å². The molecule has 0 radical (unpaired) electrons. The van der Waals surface area contributed by atoms with Gasteiger partial charge in [0, 0.05) is 33.5 Å². The third-order valence-electron chi connectivity index (χ3n) is 11.7. The molecular formula is C57H35N5O. The monoisotopic (exact) mass is 805 g/mol. The molecule has 3 heterocycles. The van der Waals surface area contributed by atoms with E-state index in [0.717, 1.165) is 99.6 Å². The first kappa shape index (κ1) is 36.3. The largest absolute Gasteiger partial charge is 0.456 e. The summed E-state index contributed by atoms with van der Waals surface area (Å²) >= 11 is 0. The lowest BCUT2D eigenvalue weighted by molar-refractivity contribution is 0.669. The Morgan fingerprint density at radius 2 is 0.619 bits per heavy atom. The average molecular weight is 806 g/mol. The van der Waals surface area contributed by atoms with Crippen molar-refractivity contribution in [3.8, 4) is 78.7 Å². The number of benzene rings is 9. The van der Waals surface area contributed by atoms with E-state index in [1.165, 1.54) is 5.56 Å². The minimum Gasteiger partial charge on any atom is -0.456 e. The summed E-state index contributed by atoms with van der Waals surface area (Å²) < 4.78 is 6.15. The molecule has 0 saturated heterocycles. The fourth-order valence-electron chi connectivity index (χ4n) is 8.44. The molecule has 6 heteroatoms. The molecule has 0 unspecified atom stereocenters. The topological polar surface area (TPSA) is 77.6 Å². The maximum Gasteiger partial charge on any atom is 0.164 e. The first-order valence-electron chi connectivity index (χ1n) is 21.0. The van der Waals surface area contributed by atoms with Crippen LogP contribution in [0.3, 0.4) is 0 Å². The number of hydrogen-bond acceptors (Lipinski definition) is 6. The van der Waals surface area contributed by atoms with Crippen LogP contribution in [0.25, 0.3) is 123 Å². The van der Waals surface area contributed by atoms with E-state index in [-0.39, 0.29) is 0 Å². The summed E-state index contributed by atoms with van der Waals surface area (Å²) in [6.07, 6.45) is 0. The zero-order chi connectivity index (χ0) is 41.7. The Bertz CT molecular complexity index is 3660. The third kappa shape index (κ3) is 6.86. The molecule has 0 aliphatic rings. The van der Waals surface area contributed by atoms with Crippen LogP contribution < -0.4 is 0 Å².